The minimum absolute atomic E-state index is 0.0118. The number of likely N-dealkylation sites (tertiary alicyclic amines) is 1. The Morgan fingerprint density at radius 2 is 1.74 bits per heavy atom. The molecule has 35 heavy (non-hydrogen) atoms. The van der Waals surface area contributed by atoms with Gasteiger partial charge in [-0.25, -0.2) is 0 Å². The Morgan fingerprint density at radius 3 is 2.40 bits per heavy atom. The summed E-state index contributed by atoms with van der Waals surface area (Å²) in [6.45, 7) is 16.0. The standard InChI is InChI=1S/C28H40N2O.C2H5NO/c1-5-18-29-19-15-28(16-20-29)17-21-30(25-11-6-7-12-26(25)31-28)22-23-9-8-10-24(14-13-23)27(2,3)4;1-2(3)4/h6-9,11-14H,5,10,15-22H2,1-4H3;1H3,(H2,3,4). The lowest BCUT2D eigenvalue weighted by Crippen LogP contribution is -2.48. The van der Waals surface area contributed by atoms with E-state index >= 15 is 0 Å². The molecular weight excluding hydrogens is 434 g/mol. The van der Waals surface area contributed by atoms with E-state index < -0.39 is 0 Å². The molecule has 0 aromatic heterocycles. The second-order valence-electron chi connectivity index (χ2n) is 11.2. The average Bonchev–Trinajstić information content (AvgIpc) is 3.11. The summed E-state index contributed by atoms with van der Waals surface area (Å²) in [6, 6.07) is 8.66. The number of ether oxygens (including phenoxy) is 1. The molecule has 1 spiro atoms. The molecule has 1 aromatic rings. The van der Waals surface area contributed by atoms with Crippen molar-refractivity contribution in [1.29, 1.82) is 0 Å². The minimum Gasteiger partial charge on any atom is -0.485 e. The van der Waals surface area contributed by atoms with E-state index in [-0.39, 0.29) is 16.9 Å². The van der Waals surface area contributed by atoms with Crippen LogP contribution in [0.3, 0.4) is 0 Å². The van der Waals surface area contributed by atoms with Gasteiger partial charge in [-0.1, -0.05) is 69.7 Å². The number of nitrogens with zero attached hydrogens (tertiary/aromatic N) is 2. The number of anilines is 1. The van der Waals surface area contributed by atoms with E-state index in [1.165, 1.54) is 36.7 Å². The van der Waals surface area contributed by atoms with Gasteiger partial charge in [-0.2, -0.15) is 0 Å². The minimum atomic E-state index is -0.333. The zero-order valence-corrected chi connectivity index (χ0v) is 22.5. The Hall–Kier alpha value is -2.53. The number of hydrogen-bond acceptors (Lipinski definition) is 4. The first-order valence-corrected chi connectivity index (χ1v) is 13.2. The van der Waals surface area contributed by atoms with Crippen LogP contribution in [0.15, 0.2) is 59.7 Å². The smallest absolute Gasteiger partial charge is 0.214 e. The lowest BCUT2D eigenvalue weighted by molar-refractivity contribution is -0.115. The molecule has 1 aliphatic carbocycles. The molecule has 0 radical (unpaired) electrons. The lowest BCUT2D eigenvalue weighted by Gasteiger charge is -2.41. The highest BCUT2D eigenvalue weighted by Gasteiger charge is 2.39. The summed E-state index contributed by atoms with van der Waals surface area (Å²) in [5.41, 5.74) is 8.80. The van der Waals surface area contributed by atoms with Crippen molar-refractivity contribution in [2.45, 2.75) is 72.3 Å². The van der Waals surface area contributed by atoms with Crippen molar-refractivity contribution in [3.05, 3.63) is 59.7 Å². The van der Waals surface area contributed by atoms with Crippen molar-refractivity contribution in [1.82, 2.24) is 4.90 Å². The Balaban J connectivity index is 0.000000795. The first-order valence-electron chi connectivity index (χ1n) is 13.2. The molecule has 0 saturated carbocycles. The van der Waals surface area contributed by atoms with Gasteiger partial charge in [0.2, 0.25) is 5.91 Å². The molecule has 5 heteroatoms. The summed E-state index contributed by atoms with van der Waals surface area (Å²) in [5.74, 6) is 0.730. The number of para-hydroxylation sites is 2. The fourth-order valence-electron chi connectivity index (χ4n) is 5.12. The molecule has 5 nitrogen and oxygen atoms in total. The second kappa shape index (κ2) is 11.9. The number of allylic oxidation sites excluding steroid dienone is 4. The Labute approximate surface area is 212 Å². The van der Waals surface area contributed by atoms with Gasteiger partial charge in [-0.05, 0) is 55.3 Å². The SMILES string of the molecule is CC(N)=O.CCCN1CCC2(CC1)CCN(CC1=CC=C(C(C)(C)C)CC=C1)c1ccccc1O2. The monoisotopic (exact) mass is 479 g/mol. The topological polar surface area (TPSA) is 58.8 Å². The van der Waals surface area contributed by atoms with Crippen LogP contribution in [0.2, 0.25) is 0 Å². The predicted molar refractivity (Wildman–Crippen MR) is 147 cm³/mol. The number of carbonyl (C=O) groups is 1. The third-order valence-corrected chi connectivity index (χ3v) is 7.18. The molecule has 0 atom stereocenters. The quantitative estimate of drug-likeness (QED) is 0.587. The number of nitrogens with two attached hydrogens (primary N) is 1. The fourth-order valence-corrected chi connectivity index (χ4v) is 5.12. The van der Waals surface area contributed by atoms with Crippen LogP contribution in [0, 0.1) is 5.41 Å². The highest BCUT2D eigenvalue weighted by atomic mass is 16.5. The van der Waals surface area contributed by atoms with Crippen molar-refractivity contribution >= 4 is 11.6 Å². The fraction of sp³-hybridized carbons (Fsp3) is 0.567. The summed E-state index contributed by atoms with van der Waals surface area (Å²) in [6.07, 6.45) is 15.0. The first kappa shape index (κ1) is 27.1. The van der Waals surface area contributed by atoms with Crippen molar-refractivity contribution in [2.24, 2.45) is 11.1 Å². The van der Waals surface area contributed by atoms with Crippen LogP contribution in [-0.4, -0.2) is 49.1 Å². The van der Waals surface area contributed by atoms with Gasteiger partial charge in [0.25, 0.3) is 0 Å². The van der Waals surface area contributed by atoms with Crippen LogP contribution >= 0.6 is 0 Å². The number of amides is 1. The molecule has 2 N–H and O–H groups in total. The van der Waals surface area contributed by atoms with Crippen LogP contribution in [0.25, 0.3) is 0 Å². The van der Waals surface area contributed by atoms with Crippen molar-refractivity contribution in [3.63, 3.8) is 0 Å². The maximum absolute atomic E-state index is 9.22. The highest BCUT2D eigenvalue weighted by Crippen LogP contribution is 2.41. The highest BCUT2D eigenvalue weighted by molar-refractivity contribution is 5.70. The van der Waals surface area contributed by atoms with E-state index in [0.717, 1.165) is 57.6 Å². The van der Waals surface area contributed by atoms with E-state index in [2.05, 4.69) is 91.8 Å². The normalized spacial score (nSPS) is 19.9. The molecule has 192 valence electrons. The number of benzene rings is 1. The van der Waals surface area contributed by atoms with Gasteiger partial charge in [-0.15, -0.1) is 0 Å². The maximum atomic E-state index is 9.22. The van der Waals surface area contributed by atoms with Crippen LogP contribution < -0.4 is 15.4 Å². The molecule has 3 aliphatic rings. The van der Waals surface area contributed by atoms with Crippen LogP contribution in [0.4, 0.5) is 5.69 Å². The van der Waals surface area contributed by atoms with Gasteiger partial charge < -0.3 is 20.3 Å². The third-order valence-electron chi connectivity index (χ3n) is 7.18. The van der Waals surface area contributed by atoms with Crippen molar-refractivity contribution in [2.75, 3.05) is 37.6 Å². The summed E-state index contributed by atoms with van der Waals surface area (Å²) >= 11 is 0. The molecule has 1 aromatic carbocycles. The first-order chi connectivity index (χ1) is 16.6. The zero-order chi connectivity index (χ0) is 25.5. The van der Waals surface area contributed by atoms with E-state index in [1.807, 2.05) is 0 Å². The number of fused-ring (bicyclic) bond motifs is 1. The molecule has 1 saturated heterocycles. The number of rotatable bonds is 4. The summed E-state index contributed by atoms with van der Waals surface area (Å²) in [4.78, 5) is 14.4. The van der Waals surface area contributed by atoms with Gasteiger partial charge >= 0.3 is 0 Å². The molecule has 1 fully saturated rings. The lowest BCUT2D eigenvalue weighted by atomic mass is 9.84. The van der Waals surface area contributed by atoms with Crippen LogP contribution in [0.5, 0.6) is 5.75 Å². The zero-order valence-electron chi connectivity index (χ0n) is 22.5. The molecule has 4 rings (SSSR count). The third kappa shape index (κ3) is 7.73. The molecule has 1 amide bonds. The van der Waals surface area contributed by atoms with Crippen molar-refractivity contribution in [3.8, 4) is 5.75 Å². The Bertz CT molecular complexity index is 943. The van der Waals surface area contributed by atoms with E-state index in [9.17, 15) is 4.79 Å². The van der Waals surface area contributed by atoms with Gasteiger partial charge in [0.05, 0.1) is 5.69 Å². The number of piperidine rings is 1. The van der Waals surface area contributed by atoms with Crippen molar-refractivity contribution < 1.29 is 9.53 Å². The van der Waals surface area contributed by atoms with Gasteiger partial charge in [-0.3, -0.25) is 4.79 Å². The summed E-state index contributed by atoms with van der Waals surface area (Å²) in [7, 11) is 0. The van der Waals surface area contributed by atoms with Gasteiger partial charge in [0, 0.05) is 39.5 Å². The number of carbonyl (C=O) groups excluding carboxylic acids is 1. The van der Waals surface area contributed by atoms with Crippen LogP contribution in [-0.2, 0) is 4.79 Å². The predicted octanol–water partition coefficient (Wildman–Crippen LogP) is 5.87. The van der Waals surface area contributed by atoms with Crippen LogP contribution in [0.1, 0.15) is 66.7 Å². The molecule has 0 bridgehead atoms. The van der Waals surface area contributed by atoms with Gasteiger partial charge in [0.1, 0.15) is 11.4 Å². The van der Waals surface area contributed by atoms with E-state index in [1.54, 1.807) is 0 Å². The summed E-state index contributed by atoms with van der Waals surface area (Å²) < 4.78 is 6.80. The maximum Gasteiger partial charge on any atom is 0.214 e. The molecule has 0 unspecified atom stereocenters. The number of hydrogen-bond donors (Lipinski definition) is 1. The van der Waals surface area contributed by atoms with E-state index in [4.69, 9.17) is 4.74 Å². The number of primary amides is 1. The largest absolute Gasteiger partial charge is 0.485 e. The Kier molecular flexibility index (Phi) is 9.23. The van der Waals surface area contributed by atoms with Gasteiger partial charge in [0.15, 0.2) is 0 Å². The Morgan fingerprint density at radius 1 is 1.09 bits per heavy atom. The van der Waals surface area contributed by atoms with E-state index in [0.29, 0.717) is 0 Å². The summed E-state index contributed by atoms with van der Waals surface area (Å²) in [5, 5.41) is 0. The molecule has 2 aliphatic heterocycles. The molecular formula is C30H45N3O2. The molecule has 2 heterocycles. The average molecular weight is 480 g/mol. The second-order valence-corrected chi connectivity index (χ2v) is 11.2.